The van der Waals surface area contributed by atoms with Crippen LogP contribution in [0.25, 0.3) is 0 Å². The lowest BCUT2D eigenvalue weighted by atomic mass is 10.2. The second kappa shape index (κ2) is 3.52. The van der Waals surface area contributed by atoms with Gasteiger partial charge in [0.05, 0.1) is 0 Å². The molecule has 1 heterocycles. The van der Waals surface area contributed by atoms with Crippen LogP contribution in [0.5, 0.6) is 0 Å². The number of carbonyl (C=O) groups is 1. The van der Waals surface area contributed by atoms with Crippen molar-refractivity contribution in [1.29, 1.82) is 0 Å². The maximum absolute atomic E-state index is 11.5. The zero-order valence-corrected chi connectivity index (χ0v) is 7.31. The van der Waals surface area contributed by atoms with Crippen molar-refractivity contribution in [2.45, 2.75) is 12.8 Å². The summed E-state index contributed by atoms with van der Waals surface area (Å²) >= 11 is 0. The molecule has 1 aliphatic carbocycles. The van der Waals surface area contributed by atoms with E-state index in [9.17, 15) is 4.79 Å². The maximum Gasteiger partial charge on any atom is 0.187 e. The first-order valence-corrected chi connectivity index (χ1v) is 4.49. The fourth-order valence-electron chi connectivity index (χ4n) is 1.12. The van der Waals surface area contributed by atoms with Crippen LogP contribution in [-0.2, 0) is 0 Å². The zero-order chi connectivity index (χ0) is 9.10. The van der Waals surface area contributed by atoms with E-state index in [0.29, 0.717) is 11.5 Å². The van der Waals surface area contributed by atoms with Crippen molar-refractivity contribution in [3.63, 3.8) is 0 Å². The van der Waals surface area contributed by atoms with Crippen molar-refractivity contribution in [3.05, 3.63) is 42.2 Å². The summed E-state index contributed by atoms with van der Waals surface area (Å²) in [5.74, 6) is 0.709. The SMILES string of the molecule is O=C(C=CC1CC1)c1cccnc1. The first-order valence-electron chi connectivity index (χ1n) is 4.49. The predicted molar refractivity (Wildman–Crippen MR) is 50.4 cm³/mol. The molecule has 0 N–H and O–H groups in total. The molecule has 0 amide bonds. The topological polar surface area (TPSA) is 30.0 Å². The van der Waals surface area contributed by atoms with Crippen LogP contribution in [0.2, 0.25) is 0 Å². The summed E-state index contributed by atoms with van der Waals surface area (Å²) in [6, 6.07) is 3.56. The maximum atomic E-state index is 11.5. The van der Waals surface area contributed by atoms with Gasteiger partial charge in [-0.2, -0.15) is 0 Å². The van der Waals surface area contributed by atoms with E-state index in [1.807, 2.05) is 6.08 Å². The number of hydrogen-bond acceptors (Lipinski definition) is 2. The molecule has 0 spiro atoms. The molecule has 1 aromatic rings. The van der Waals surface area contributed by atoms with Gasteiger partial charge in [-0.3, -0.25) is 9.78 Å². The highest BCUT2D eigenvalue weighted by atomic mass is 16.1. The number of hydrogen-bond donors (Lipinski definition) is 0. The Balaban J connectivity index is 2.04. The van der Waals surface area contributed by atoms with Crippen LogP contribution >= 0.6 is 0 Å². The number of ketones is 1. The van der Waals surface area contributed by atoms with Crippen molar-refractivity contribution in [2.24, 2.45) is 5.92 Å². The molecular weight excluding hydrogens is 162 g/mol. The second-order valence-corrected chi connectivity index (χ2v) is 3.30. The summed E-state index contributed by atoms with van der Waals surface area (Å²) in [5.41, 5.74) is 0.666. The number of allylic oxidation sites excluding steroid dienone is 2. The van der Waals surface area contributed by atoms with E-state index in [2.05, 4.69) is 4.98 Å². The van der Waals surface area contributed by atoms with E-state index in [0.717, 1.165) is 0 Å². The van der Waals surface area contributed by atoms with Crippen LogP contribution in [0, 0.1) is 5.92 Å². The normalized spacial score (nSPS) is 16.3. The van der Waals surface area contributed by atoms with Crippen molar-refractivity contribution in [1.82, 2.24) is 4.98 Å². The van der Waals surface area contributed by atoms with Crippen LogP contribution in [-0.4, -0.2) is 10.8 Å². The van der Waals surface area contributed by atoms with Crippen LogP contribution < -0.4 is 0 Å². The molecule has 1 saturated carbocycles. The molecule has 0 atom stereocenters. The number of nitrogens with zero attached hydrogens (tertiary/aromatic N) is 1. The standard InChI is InChI=1S/C11H11NO/c13-11(6-5-9-3-4-9)10-2-1-7-12-8-10/h1-2,5-9H,3-4H2. The van der Waals surface area contributed by atoms with Crippen molar-refractivity contribution < 1.29 is 4.79 Å². The Labute approximate surface area is 77.3 Å². The molecule has 0 aromatic carbocycles. The lowest BCUT2D eigenvalue weighted by molar-refractivity contribution is 0.104. The lowest BCUT2D eigenvalue weighted by Crippen LogP contribution is -1.94. The van der Waals surface area contributed by atoms with Gasteiger partial charge >= 0.3 is 0 Å². The first-order chi connectivity index (χ1) is 6.36. The van der Waals surface area contributed by atoms with E-state index in [1.54, 1.807) is 30.6 Å². The van der Waals surface area contributed by atoms with Crippen LogP contribution in [0.1, 0.15) is 23.2 Å². The largest absolute Gasteiger partial charge is 0.289 e. The Morgan fingerprint density at radius 2 is 2.38 bits per heavy atom. The fourth-order valence-corrected chi connectivity index (χ4v) is 1.12. The monoisotopic (exact) mass is 173 g/mol. The summed E-state index contributed by atoms with van der Waals surface area (Å²) in [6.07, 6.45) is 9.39. The predicted octanol–water partition coefficient (Wildman–Crippen LogP) is 2.23. The quantitative estimate of drug-likeness (QED) is 0.518. The molecular formula is C11H11NO. The Bertz CT molecular complexity index is 325. The highest BCUT2D eigenvalue weighted by Crippen LogP contribution is 2.30. The van der Waals surface area contributed by atoms with E-state index in [-0.39, 0.29) is 5.78 Å². The van der Waals surface area contributed by atoms with Gasteiger partial charge in [0, 0.05) is 18.0 Å². The summed E-state index contributed by atoms with van der Waals surface area (Å²) < 4.78 is 0. The molecule has 0 unspecified atom stereocenters. The molecule has 66 valence electrons. The Morgan fingerprint density at radius 3 is 3.00 bits per heavy atom. The average Bonchev–Trinajstić information content (AvgIpc) is 2.99. The molecule has 0 aliphatic heterocycles. The van der Waals surface area contributed by atoms with Gasteiger partial charge < -0.3 is 0 Å². The third-order valence-electron chi connectivity index (χ3n) is 2.09. The van der Waals surface area contributed by atoms with Crippen LogP contribution in [0.15, 0.2) is 36.7 Å². The number of aromatic nitrogens is 1. The van der Waals surface area contributed by atoms with Crippen LogP contribution in [0.4, 0.5) is 0 Å². The summed E-state index contributed by atoms with van der Waals surface area (Å²) in [6.45, 7) is 0. The summed E-state index contributed by atoms with van der Waals surface area (Å²) in [4.78, 5) is 15.3. The van der Waals surface area contributed by atoms with E-state index < -0.39 is 0 Å². The molecule has 1 fully saturated rings. The van der Waals surface area contributed by atoms with Crippen molar-refractivity contribution in [2.75, 3.05) is 0 Å². The number of rotatable bonds is 3. The molecule has 0 saturated heterocycles. The van der Waals surface area contributed by atoms with E-state index in [4.69, 9.17) is 0 Å². The minimum atomic E-state index is 0.0556. The summed E-state index contributed by atoms with van der Waals surface area (Å²) in [5, 5.41) is 0. The molecule has 1 aromatic heterocycles. The lowest BCUT2D eigenvalue weighted by Gasteiger charge is -1.92. The van der Waals surface area contributed by atoms with Crippen molar-refractivity contribution in [3.8, 4) is 0 Å². The Hall–Kier alpha value is -1.44. The molecule has 2 nitrogen and oxygen atoms in total. The van der Waals surface area contributed by atoms with E-state index in [1.165, 1.54) is 12.8 Å². The number of carbonyl (C=O) groups excluding carboxylic acids is 1. The minimum absolute atomic E-state index is 0.0556. The highest BCUT2D eigenvalue weighted by molar-refractivity contribution is 6.04. The van der Waals surface area contributed by atoms with Gasteiger partial charge in [-0.15, -0.1) is 0 Å². The minimum Gasteiger partial charge on any atom is -0.289 e. The fraction of sp³-hybridized carbons (Fsp3) is 0.273. The van der Waals surface area contributed by atoms with Gasteiger partial charge in [0.1, 0.15) is 0 Å². The van der Waals surface area contributed by atoms with Gasteiger partial charge in [0.25, 0.3) is 0 Å². The van der Waals surface area contributed by atoms with Gasteiger partial charge in [-0.05, 0) is 37.0 Å². The zero-order valence-electron chi connectivity index (χ0n) is 7.31. The molecule has 2 heteroatoms. The molecule has 13 heavy (non-hydrogen) atoms. The third-order valence-corrected chi connectivity index (χ3v) is 2.09. The third kappa shape index (κ3) is 2.25. The van der Waals surface area contributed by atoms with Gasteiger partial charge in [0.2, 0.25) is 0 Å². The first kappa shape index (κ1) is 8.17. The van der Waals surface area contributed by atoms with Crippen molar-refractivity contribution >= 4 is 5.78 Å². The average molecular weight is 173 g/mol. The molecule has 0 radical (unpaired) electrons. The Kier molecular flexibility index (Phi) is 2.21. The number of pyridine rings is 1. The van der Waals surface area contributed by atoms with Gasteiger partial charge in [-0.1, -0.05) is 6.08 Å². The molecule has 2 rings (SSSR count). The van der Waals surface area contributed by atoms with E-state index >= 15 is 0 Å². The second-order valence-electron chi connectivity index (χ2n) is 3.30. The summed E-state index contributed by atoms with van der Waals surface area (Å²) in [7, 11) is 0. The highest BCUT2D eigenvalue weighted by Gasteiger charge is 2.17. The smallest absolute Gasteiger partial charge is 0.187 e. The van der Waals surface area contributed by atoms with Gasteiger partial charge in [-0.25, -0.2) is 0 Å². The van der Waals surface area contributed by atoms with Gasteiger partial charge in [0.15, 0.2) is 5.78 Å². The Morgan fingerprint density at radius 1 is 1.54 bits per heavy atom. The molecule has 1 aliphatic rings. The van der Waals surface area contributed by atoms with Crippen LogP contribution in [0.3, 0.4) is 0 Å². The molecule has 0 bridgehead atoms.